The van der Waals surface area contributed by atoms with Crippen LogP contribution < -0.4 is 20.0 Å². The number of aromatic nitrogens is 5. The summed E-state index contributed by atoms with van der Waals surface area (Å²) in [5.74, 6) is 0.354. The second-order valence-corrected chi connectivity index (χ2v) is 8.63. The van der Waals surface area contributed by atoms with Crippen molar-refractivity contribution in [2.24, 2.45) is 0 Å². The van der Waals surface area contributed by atoms with Crippen LogP contribution in [0.4, 0.5) is 10.2 Å². The molecule has 11 heteroatoms. The third-order valence-electron chi connectivity index (χ3n) is 6.50. The Balaban J connectivity index is 1.44. The molecule has 10 nitrogen and oxygen atoms in total. The van der Waals surface area contributed by atoms with Crippen molar-refractivity contribution in [3.63, 3.8) is 0 Å². The van der Waals surface area contributed by atoms with Gasteiger partial charge in [-0.25, -0.2) is 9.37 Å². The molecule has 1 aliphatic heterocycles. The Kier molecular flexibility index (Phi) is 5.05. The number of anilines is 1. The molecule has 1 saturated carbocycles. The van der Waals surface area contributed by atoms with E-state index in [1.807, 2.05) is 24.4 Å². The molecule has 34 heavy (non-hydrogen) atoms. The number of nitrogens with zero attached hydrogens (tertiary/aromatic N) is 4. The first-order valence-electron chi connectivity index (χ1n) is 11.4. The van der Waals surface area contributed by atoms with E-state index >= 15 is 0 Å². The highest BCUT2D eigenvalue weighted by Crippen LogP contribution is 2.30. The van der Waals surface area contributed by atoms with E-state index in [9.17, 15) is 9.18 Å². The van der Waals surface area contributed by atoms with Crippen LogP contribution in [0.25, 0.3) is 27.9 Å². The number of pyridine rings is 1. The molecule has 3 N–H and O–H groups in total. The van der Waals surface area contributed by atoms with Gasteiger partial charge in [0.25, 0.3) is 11.6 Å². The van der Waals surface area contributed by atoms with Crippen LogP contribution >= 0.6 is 0 Å². The molecule has 0 bridgehead atoms. The zero-order valence-electron chi connectivity index (χ0n) is 18.6. The fourth-order valence-electron chi connectivity index (χ4n) is 4.44. The van der Waals surface area contributed by atoms with Crippen LogP contribution in [-0.2, 0) is 4.74 Å². The summed E-state index contributed by atoms with van der Waals surface area (Å²) in [5.41, 5.74) is 2.92. The maximum atomic E-state index is 13.7. The number of hydrogen-bond acceptors (Lipinski definition) is 6. The van der Waals surface area contributed by atoms with Crippen molar-refractivity contribution < 1.29 is 23.3 Å². The number of ether oxygens (including phenoxy) is 1. The van der Waals surface area contributed by atoms with E-state index in [2.05, 4.69) is 20.7 Å². The molecule has 3 atom stereocenters. The lowest BCUT2D eigenvalue weighted by Crippen LogP contribution is -2.48. The number of hydrogen-bond donors (Lipinski definition) is 3. The molecule has 176 valence electrons. The molecule has 6 rings (SSSR count). The third-order valence-corrected chi connectivity index (χ3v) is 6.50. The van der Waals surface area contributed by atoms with Crippen molar-refractivity contribution in [1.29, 1.82) is 0 Å². The van der Waals surface area contributed by atoms with Crippen molar-refractivity contribution in [1.82, 2.24) is 25.1 Å². The minimum Gasteiger partial charge on any atom is -0.407 e. The number of aromatic amines is 1. The lowest BCUT2D eigenvalue weighted by Gasteiger charge is -2.30. The average molecular weight is 466 g/mol. The van der Waals surface area contributed by atoms with Crippen LogP contribution in [0.2, 0.25) is 0 Å². The second kappa shape index (κ2) is 8.24. The van der Waals surface area contributed by atoms with Gasteiger partial charge in [0.15, 0.2) is 17.4 Å². The number of nitrogens with one attached hydrogen (secondary N) is 3. The van der Waals surface area contributed by atoms with Gasteiger partial charge in [-0.15, -0.1) is 4.52 Å². The van der Waals surface area contributed by atoms with Gasteiger partial charge in [-0.05, 0) is 25.0 Å². The Bertz CT molecular complexity index is 1380. The van der Waals surface area contributed by atoms with Gasteiger partial charge < -0.3 is 20.2 Å². The van der Waals surface area contributed by atoms with Gasteiger partial charge in [-0.1, -0.05) is 4.98 Å². The predicted octanol–water partition coefficient (Wildman–Crippen LogP) is 1.65. The molecule has 1 amide bonds. The van der Waals surface area contributed by atoms with Crippen molar-refractivity contribution >= 4 is 28.4 Å². The molecule has 2 aliphatic rings. The lowest BCUT2D eigenvalue weighted by molar-refractivity contribution is -0.563. The summed E-state index contributed by atoms with van der Waals surface area (Å²) in [4.78, 5) is 28.4. The van der Waals surface area contributed by atoms with E-state index in [0.29, 0.717) is 54.4 Å². The lowest BCUT2D eigenvalue weighted by atomic mass is 9.90. The van der Waals surface area contributed by atoms with Crippen LogP contribution in [0.3, 0.4) is 0 Å². The highest BCUT2D eigenvalue weighted by atomic mass is 19.1. The van der Waals surface area contributed by atoms with E-state index in [-0.39, 0.29) is 12.0 Å². The topological polar surface area (TPSA) is 110 Å². The highest BCUT2D eigenvalue weighted by Gasteiger charge is 2.34. The molecule has 0 spiro atoms. The largest absolute Gasteiger partial charge is 0.407 e. The summed E-state index contributed by atoms with van der Waals surface area (Å²) in [6.45, 7) is 1.21. The number of alkyl halides is 1. The first-order valence-corrected chi connectivity index (χ1v) is 11.4. The first-order chi connectivity index (χ1) is 16.6. The standard InChI is InChI=1S/C23H24FN7O3/c1-25-20-9-19(28-22-15(10-27-31(20)22)23(32)29-18-5-4-17(18)24)16-11-30(34-13-6-8-33-12-13)21-14(16)3-2-7-26-21/h2-3,7,9-11,13,17-18H,4-6,8,12H2,1H3,(H2,25,27,28,29,32)/p+1/t13?,17?,18-/m0/s1. The highest BCUT2D eigenvalue weighted by molar-refractivity contribution is 6.00. The number of fused-ring (bicyclic) bond motifs is 2. The predicted molar refractivity (Wildman–Crippen MR) is 121 cm³/mol. The molecule has 0 radical (unpaired) electrons. The van der Waals surface area contributed by atoms with Crippen LogP contribution in [0.1, 0.15) is 29.6 Å². The molecule has 1 aliphatic carbocycles. The van der Waals surface area contributed by atoms with E-state index < -0.39 is 12.2 Å². The molecule has 0 aromatic carbocycles. The summed E-state index contributed by atoms with van der Waals surface area (Å²) < 4.78 is 22.5. The zero-order chi connectivity index (χ0) is 23.2. The van der Waals surface area contributed by atoms with Crippen molar-refractivity contribution in [2.45, 2.75) is 37.6 Å². The molecule has 4 aromatic heterocycles. The van der Waals surface area contributed by atoms with E-state index in [1.165, 1.54) is 0 Å². The quantitative estimate of drug-likeness (QED) is 0.373. The summed E-state index contributed by atoms with van der Waals surface area (Å²) >= 11 is 0. The Morgan fingerprint density at radius 1 is 1.38 bits per heavy atom. The zero-order valence-corrected chi connectivity index (χ0v) is 18.6. The first kappa shape index (κ1) is 20.8. The van der Waals surface area contributed by atoms with Gasteiger partial charge in [0.1, 0.15) is 11.7 Å². The molecular weight excluding hydrogens is 441 g/mol. The molecule has 2 unspecified atom stereocenters. The smallest absolute Gasteiger partial charge is 0.299 e. The summed E-state index contributed by atoms with van der Waals surface area (Å²) in [5, 5.41) is 9.86. The molecule has 5 heterocycles. The van der Waals surface area contributed by atoms with Crippen molar-refractivity contribution in [3.05, 3.63) is 42.4 Å². The number of carbonyl (C=O) groups is 1. The fourth-order valence-corrected chi connectivity index (χ4v) is 4.44. The number of H-pyrrole nitrogens is 1. The molecule has 4 aromatic rings. The molecule has 2 fully saturated rings. The summed E-state index contributed by atoms with van der Waals surface area (Å²) in [6, 6.07) is 5.26. The molecule has 1 saturated heterocycles. The summed E-state index contributed by atoms with van der Waals surface area (Å²) in [6.07, 6.45) is 6.06. The van der Waals surface area contributed by atoms with Gasteiger partial charge in [0, 0.05) is 30.6 Å². The van der Waals surface area contributed by atoms with E-state index in [0.717, 1.165) is 17.4 Å². The van der Waals surface area contributed by atoms with Gasteiger partial charge in [-0.3, -0.25) is 9.89 Å². The number of rotatable bonds is 6. The van der Waals surface area contributed by atoms with Crippen LogP contribution in [0, 0.1) is 0 Å². The Morgan fingerprint density at radius 2 is 2.29 bits per heavy atom. The Morgan fingerprint density at radius 3 is 3.03 bits per heavy atom. The maximum Gasteiger partial charge on any atom is 0.299 e. The maximum absolute atomic E-state index is 13.7. The van der Waals surface area contributed by atoms with Gasteiger partial charge >= 0.3 is 0 Å². The van der Waals surface area contributed by atoms with Gasteiger partial charge in [0.05, 0.1) is 37.7 Å². The second-order valence-electron chi connectivity index (χ2n) is 8.63. The third kappa shape index (κ3) is 3.43. The minimum absolute atomic E-state index is 0.0462. The van der Waals surface area contributed by atoms with Crippen LogP contribution in [0.15, 0.2) is 36.8 Å². The van der Waals surface area contributed by atoms with E-state index in [4.69, 9.17) is 14.6 Å². The van der Waals surface area contributed by atoms with Gasteiger partial charge in [-0.2, -0.15) is 4.73 Å². The normalized spacial score (nSPS) is 22.1. The fraction of sp³-hybridized carbons (Fsp3) is 0.391. The van der Waals surface area contributed by atoms with E-state index in [1.54, 1.807) is 28.7 Å². The SMILES string of the molecule is CNc1cc(-c2cn(OC3CCOC3)c3ncccc23)nc2c(C(=O)N[C@H]3CCC3F)c[nH][n+]12. The number of amides is 1. The monoisotopic (exact) mass is 466 g/mol. The average Bonchev–Trinajstić information content (AvgIpc) is 3.60. The number of carbonyl (C=O) groups excluding carboxylic acids is 1. The Hall–Kier alpha value is -3.73. The minimum atomic E-state index is -0.998. The molecular formula is C23H25FN7O3+. The number of halogens is 1. The van der Waals surface area contributed by atoms with Gasteiger partial charge in [0.2, 0.25) is 5.82 Å². The van der Waals surface area contributed by atoms with Crippen molar-refractivity contribution in [2.75, 3.05) is 25.6 Å². The van der Waals surface area contributed by atoms with Crippen molar-refractivity contribution in [3.8, 4) is 11.3 Å². The Labute approximate surface area is 194 Å². The summed E-state index contributed by atoms with van der Waals surface area (Å²) in [7, 11) is 1.79. The van der Waals surface area contributed by atoms with Crippen LogP contribution in [-0.4, -0.2) is 64.3 Å². The van der Waals surface area contributed by atoms with Crippen LogP contribution in [0.5, 0.6) is 0 Å².